The summed E-state index contributed by atoms with van der Waals surface area (Å²) in [5.74, 6) is -2.97. The van der Waals surface area contributed by atoms with E-state index in [4.69, 9.17) is 10.00 Å². The summed E-state index contributed by atoms with van der Waals surface area (Å²) in [5.41, 5.74) is -0.232. The molecule has 0 fully saturated rings. The molecule has 0 aliphatic rings. The molecule has 1 aromatic rings. The minimum absolute atomic E-state index is 0.0322. The molecule has 0 spiro atoms. The molecule has 0 aliphatic heterocycles. The lowest BCUT2D eigenvalue weighted by molar-refractivity contribution is 0.0139. The zero-order valence-electron chi connectivity index (χ0n) is 8.80. The zero-order chi connectivity index (χ0) is 12.3. The van der Waals surface area contributed by atoms with Crippen LogP contribution in [0.4, 0.5) is 8.78 Å². The minimum Gasteiger partial charge on any atom is -0.475 e. The van der Waals surface area contributed by atoms with Gasteiger partial charge >= 0.3 is 0 Å². The molecule has 0 heterocycles. The van der Waals surface area contributed by atoms with Crippen molar-refractivity contribution in [3.8, 4) is 11.8 Å². The smallest absolute Gasteiger partial charge is 0.274 e. The predicted molar refractivity (Wildman–Crippen MR) is 59.4 cm³/mol. The molecule has 0 radical (unpaired) electrons. The molecular formula is C11H10BrF2NO. The van der Waals surface area contributed by atoms with Crippen molar-refractivity contribution in [2.45, 2.75) is 25.9 Å². The van der Waals surface area contributed by atoms with Crippen LogP contribution in [0.5, 0.6) is 5.75 Å². The number of nitriles is 1. The number of benzene rings is 1. The van der Waals surface area contributed by atoms with E-state index in [1.54, 1.807) is 6.07 Å². The summed E-state index contributed by atoms with van der Waals surface area (Å²) in [5, 5.41) is 8.57. The Labute approximate surface area is 101 Å². The Kier molecular flexibility index (Phi) is 3.87. The second kappa shape index (κ2) is 4.79. The SMILES string of the molecule is C[C@@H](C#N)Oc1ccc(Br)cc1C(C)(F)F. The topological polar surface area (TPSA) is 33.0 Å². The molecule has 0 aliphatic carbocycles. The van der Waals surface area contributed by atoms with Crippen molar-refractivity contribution in [2.24, 2.45) is 0 Å². The fourth-order valence-corrected chi connectivity index (χ4v) is 1.53. The highest BCUT2D eigenvalue weighted by Gasteiger charge is 2.29. The Hall–Kier alpha value is -1.15. The Morgan fingerprint density at radius 2 is 2.12 bits per heavy atom. The molecule has 0 amide bonds. The van der Waals surface area contributed by atoms with Crippen LogP contribution >= 0.6 is 15.9 Å². The molecule has 1 aromatic carbocycles. The maximum absolute atomic E-state index is 13.3. The highest BCUT2D eigenvalue weighted by atomic mass is 79.9. The van der Waals surface area contributed by atoms with Gasteiger partial charge in [-0.1, -0.05) is 15.9 Å². The summed E-state index contributed by atoms with van der Waals surface area (Å²) in [4.78, 5) is 0. The maximum atomic E-state index is 13.3. The van der Waals surface area contributed by atoms with E-state index in [1.807, 2.05) is 6.07 Å². The normalized spacial score (nSPS) is 13.0. The predicted octanol–water partition coefficient (Wildman–Crippen LogP) is 3.85. The van der Waals surface area contributed by atoms with Crippen LogP contribution in [0.2, 0.25) is 0 Å². The number of hydrogen-bond acceptors (Lipinski definition) is 2. The molecule has 1 atom stereocenters. The molecule has 0 unspecified atom stereocenters. The quantitative estimate of drug-likeness (QED) is 0.847. The largest absolute Gasteiger partial charge is 0.475 e. The van der Waals surface area contributed by atoms with Gasteiger partial charge in [-0.05, 0) is 25.1 Å². The Balaban J connectivity index is 3.14. The number of rotatable bonds is 3. The monoisotopic (exact) mass is 289 g/mol. The van der Waals surface area contributed by atoms with Crippen LogP contribution in [-0.4, -0.2) is 6.10 Å². The van der Waals surface area contributed by atoms with Gasteiger partial charge in [-0.15, -0.1) is 0 Å². The van der Waals surface area contributed by atoms with Crippen LogP contribution in [-0.2, 0) is 5.92 Å². The van der Waals surface area contributed by atoms with Crippen molar-refractivity contribution >= 4 is 15.9 Å². The fourth-order valence-electron chi connectivity index (χ4n) is 1.16. The highest BCUT2D eigenvalue weighted by Crippen LogP contribution is 2.36. The standard InChI is InChI=1S/C11H10BrF2NO/c1-7(6-15)16-10-4-3-8(12)5-9(10)11(2,13)14/h3-5,7H,1-2H3/t7-/m0/s1. The van der Waals surface area contributed by atoms with E-state index in [0.29, 0.717) is 4.47 Å². The lowest BCUT2D eigenvalue weighted by atomic mass is 10.1. The third-order valence-electron chi connectivity index (χ3n) is 1.90. The van der Waals surface area contributed by atoms with Gasteiger partial charge in [0.05, 0.1) is 5.56 Å². The summed E-state index contributed by atoms with van der Waals surface area (Å²) >= 11 is 3.12. The van der Waals surface area contributed by atoms with Gasteiger partial charge in [0, 0.05) is 11.4 Å². The van der Waals surface area contributed by atoms with E-state index < -0.39 is 12.0 Å². The molecule has 2 nitrogen and oxygen atoms in total. The number of alkyl halides is 2. The van der Waals surface area contributed by atoms with Crippen LogP contribution in [0.3, 0.4) is 0 Å². The third-order valence-corrected chi connectivity index (χ3v) is 2.39. The third kappa shape index (κ3) is 3.17. The molecule has 86 valence electrons. The Bertz CT molecular complexity index is 423. The van der Waals surface area contributed by atoms with Crippen molar-refractivity contribution in [3.63, 3.8) is 0 Å². The van der Waals surface area contributed by atoms with Crippen molar-refractivity contribution < 1.29 is 13.5 Å². The van der Waals surface area contributed by atoms with Gasteiger partial charge in [0.1, 0.15) is 11.8 Å². The molecular weight excluding hydrogens is 280 g/mol. The van der Waals surface area contributed by atoms with Crippen molar-refractivity contribution in [2.75, 3.05) is 0 Å². The molecule has 16 heavy (non-hydrogen) atoms. The molecule has 0 saturated heterocycles. The van der Waals surface area contributed by atoms with Crippen LogP contribution in [0.25, 0.3) is 0 Å². The van der Waals surface area contributed by atoms with Gasteiger partial charge in [-0.25, -0.2) is 8.78 Å². The number of ether oxygens (including phenoxy) is 1. The number of nitrogens with zero attached hydrogens (tertiary/aromatic N) is 1. The van der Waals surface area contributed by atoms with E-state index in [2.05, 4.69) is 15.9 Å². The van der Waals surface area contributed by atoms with Crippen molar-refractivity contribution in [1.82, 2.24) is 0 Å². The maximum Gasteiger partial charge on any atom is 0.274 e. The highest BCUT2D eigenvalue weighted by molar-refractivity contribution is 9.10. The van der Waals surface area contributed by atoms with Gasteiger partial charge in [0.15, 0.2) is 6.10 Å². The average Bonchev–Trinajstić information content (AvgIpc) is 2.19. The first-order chi connectivity index (χ1) is 7.34. The minimum atomic E-state index is -3.01. The van der Waals surface area contributed by atoms with Gasteiger partial charge in [0.2, 0.25) is 0 Å². The molecule has 0 saturated carbocycles. The average molecular weight is 290 g/mol. The van der Waals surface area contributed by atoms with Crippen LogP contribution in [0.1, 0.15) is 19.4 Å². The Morgan fingerprint density at radius 3 is 2.62 bits per heavy atom. The first-order valence-corrected chi connectivity index (χ1v) is 5.38. The first-order valence-electron chi connectivity index (χ1n) is 4.58. The number of hydrogen-bond donors (Lipinski definition) is 0. The second-order valence-electron chi connectivity index (χ2n) is 3.42. The summed E-state index contributed by atoms with van der Waals surface area (Å²) in [6.07, 6.45) is -0.762. The zero-order valence-corrected chi connectivity index (χ0v) is 10.4. The van der Waals surface area contributed by atoms with Crippen LogP contribution in [0.15, 0.2) is 22.7 Å². The number of halogens is 3. The molecule has 5 heteroatoms. The van der Waals surface area contributed by atoms with Gasteiger partial charge < -0.3 is 4.74 Å². The lowest BCUT2D eigenvalue weighted by Crippen LogP contribution is -2.14. The molecule has 0 N–H and O–H groups in total. The van der Waals surface area contributed by atoms with Crippen molar-refractivity contribution in [3.05, 3.63) is 28.2 Å². The summed E-state index contributed by atoms with van der Waals surface area (Å²) in [6, 6.07) is 6.13. The summed E-state index contributed by atoms with van der Waals surface area (Å²) in [7, 11) is 0. The van der Waals surface area contributed by atoms with Gasteiger partial charge in [-0.2, -0.15) is 5.26 Å². The van der Waals surface area contributed by atoms with Crippen molar-refractivity contribution in [1.29, 1.82) is 5.26 Å². The fraction of sp³-hybridized carbons (Fsp3) is 0.364. The first kappa shape index (κ1) is 12.9. The molecule has 0 bridgehead atoms. The molecule has 0 aromatic heterocycles. The van der Waals surface area contributed by atoms with Gasteiger partial charge in [-0.3, -0.25) is 0 Å². The van der Waals surface area contributed by atoms with Crippen LogP contribution < -0.4 is 4.74 Å². The van der Waals surface area contributed by atoms with E-state index in [-0.39, 0.29) is 11.3 Å². The van der Waals surface area contributed by atoms with E-state index in [1.165, 1.54) is 19.1 Å². The van der Waals surface area contributed by atoms with E-state index in [9.17, 15) is 8.78 Å². The van der Waals surface area contributed by atoms with E-state index in [0.717, 1.165) is 6.92 Å². The second-order valence-corrected chi connectivity index (χ2v) is 4.33. The van der Waals surface area contributed by atoms with Gasteiger partial charge in [0.25, 0.3) is 5.92 Å². The summed E-state index contributed by atoms with van der Waals surface area (Å²) < 4.78 is 32.2. The van der Waals surface area contributed by atoms with Crippen LogP contribution in [0, 0.1) is 11.3 Å². The van der Waals surface area contributed by atoms with E-state index >= 15 is 0 Å². The molecule has 1 rings (SSSR count). The Morgan fingerprint density at radius 1 is 1.50 bits per heavy atom. The lowest BCUT2D eigenvalue weighted by Gasteiger charge is -2.17. The summed E-state index contributed by atoms with van der Waals surface area (Å²) in [6.45, 7) is 2.29.